The molecule has 1 saturated carbocycles. The summed E-state index contributed by atoms with van der Waals surface area (Å²) < 4.78 is 0. The van der Waals surface area contributed by atoms with Gasteiger partial charge in [-0.1, -0.05) is 29.8 Å². The zero-order valence-electron chi connectivity index (χ0n) is 15.7. The van der Waals surface area contributed by atoms with E-state index in [0.29, 0.717) is 11.9 Å². The molecule has 0 spiro atoms. The maximum absolute atomic E-state index is 12.5. The smallest absolute Gasteiger partial charge is 0.246 e. The highest BCUT2D eigenvalue weighted by atomic mass is 35.5. The fourth-order valence-electron chi connectivity index (χ4n) is 3.34. The average Bonchev–Trinajstić information content (AvgIpc) is 3.38. The van der Waals surface area contributed by atoms with Gasteiger partial charge in [0, 0.05) is 24.7 Å². The first-order chi connectivity index (χ1) is 12.7. The number of tetrazole rings is 1. The van der Waals surface area contributed by atoms with E-state index in [2.05, 4.69) is 20.7 Å². The molecule has 0 unspecified atom stereocenters. The largest absolute Gasteiger partial charge is 0.341 e. The number of carbonyl (C=O) groups is 1. The molecule has 2 fully saturated rings. The first kappa shape index (κ1) is 19.8. The Balaban J connectivity index is 0.00000210. The van der Waals surface area contributed by atoms with Crippen molar-refractivity contribution in [1.29, 1.82) is 0 Å². The lowest BCUT2D eigenvalue weighted by Gasteiger charge is -2.32. The van der Waals surface area contributed by atoms with Crippen molar-refractivity contribution in [2.45, 2.75) is 45.2 Å². The van der Waals surface area contributed by atoms with Gasteiger partial charge in [-0.25, -0.2) is 0 Å². The van der Waals surface area contributed by atoms with Gasteiger partial charge in [-0.15, -0.1) is 22.6 Å². The van der Waals surface area contributed by atoms with E-state index >= 15 is 0 Å². The van der Waals surface area contributed by atoms with Crippen molar-refractivity contribution in [3.8, 4) is 11.4 Å². The Morgan fingerprint density at radius 1 is 1.15 bits per heavy atom. The van der Waals surface area contributed by atoms with Gasteiger partial charge in [-0.2, -0.15) is 4.80 Å². The van der Waals surface area contributed by atoms with Gasteiger partial charge < -0.3 is 10.2 Å². The third-order valence-corrected chi connectivity index (χ3v) is 5.28. The van der Waals surface area contributed by atoms with Gasteiger partial charge in [0.2, 0.25) is 11.7 Å². The monoisotopic (exact) mass is 390 g/mol. The van der Waals surface area contributed by atoms with Crippen LogP contribution in [-0.4, -0.2) is 56.7 Å². The molecule has 1 N–H and O–H groups in total. The molecule has 0 radical (unpaired) electrons. The first-order valence-corrected chi connectivity index (χ1v) is 9.53. The van der Waals surface area contributed by atoms with E-state index in [9.17, 15) is 4.79 Å². The van der Waals surface area contributed by atoms with E-state index in [1.54, 1.807) is 0 Å². The molecule has 8 heteroatoms. The molecule has 27 heavy (non-hydrogen) atoms. The maximum atomic E-state index is 12.5. The van der Waals surface area contributed by atoms with Crippen molar-refractivity contribution >= 4 is 18.3 Å². The van der Waals surface area contributed by atoms with Crippen LogP contribution < -0.4 is 5.32 Å². The summed E-state index contributed by atoms with van der Waals surface area (Å²) in [6.45, 7) is 4.95. The summed E-state index contributed by atoms with van der Waals surface area (Å²) >= 11 is 0. The normalized spacial score (nSPS) is 17.6. The number of piperidine rings is 1. The summed E-state index contributed by atoms with van der Waals surface area (Å²) in [6, 6.07) is 8.53. The van der Waals surface area contributed by atoms with E-state index in [1.807, 2.05) is 36.1 Å². The first-order valence-electron chi connectivity index (χ1n) is 9.53. The number of likely N-dealkylation sites (tertiary alicyclic amines) is 1. The minimum atomic E-state index is 0. The zero-order valence-corrected chi connectivity index (χ0v) is 16.5. The molecule has 4 rings (SSSR count). The minimum Gasteiger partial charge on any atom is -0.341 e. The van der Waals surface area contributed by atoms with Crippen LogP contribution in [0.3, 0.4) is 0 Å². The second-order valence-corrected chi connectivity index (χ2v) is 7.52. The molecule has 2 aliphatic rings. The van der Waals surface area contributed by atoms with Crippen molar-refractivity contribution in [1.82, 2.24) is 30.4 Å². The lowest BCUT2D eigenvalue weighted by Crippen LogP contribution is -2.46. The molecule has 2 heterocycles. The fraction of sp³-hybridized carbons (Fsp3) is 0.579. The summed E-state index contributed by atoms with van der Waals surface area (Å²) in [4.78, 5) is 15.8. The molecule has 146 valence electrons. The summed E-state index contributed by atoms with van der Waals surface area (Å²) in [5.74, 6) is 1.52. The molecule has 2 aromatic rings. The van der Waals surface area contributed by atoms with Crippen molar-refractivity contribution < 1.29 is 4.79 Å². The Bertz CT molecular complexity index is 750. The SMILES string of the molecule is Cc1ccc(-c2nnn(CC(=O)N3CCC(NCC4CC4)CC3)n2)cc1.Cl. The topological polar surface area (TPSA) is 75.9 Å². The van der Waals surface area contributed by atoms with Crippen molar-refractivity contribution in [3.63, 3.8) is 0 Å². The number of hydrogen-bond acceptors (Lipinski definition) is 5. The van der Waals surface area contributed by atoms with Gasteiger partial charge >= 0.3 is 0 Å². The number of amides is 1. The number of benzene rings is 1. The average molecular weight is 391 g/mol. The third-order valence-electron chi connectivity index (χ3n) is 5.28. The quantitative estimate of drug-likeness (QED) is 0.817. The molecule has 1 aromatic carbocycles. The zero-order chi connectivity index (χ0) is 17.9. The number of carbonyl (C=O) groups excluding carboxylic acids is 1. The Kier molecular flexibility index (Phi) is 6.44. The molecule has 1 aliphatic carbocycles. The van der Waals surface area contributed by atoms with Crippen LogP contribution in [0.15, 0.2) is 24.3 Å². The molecule has 1 amide bonds. The molecular weight excluding hydrogens is 364 g/mol. The van der Waals surface area contributed by atoms with E-state index in [0.717, 1.165) is 44.0 Å². The molecular formula is C19H27ClN6O. The van der Waals surface area contributed by atoms with Crippen LogP contribution in [0.5, 0.6) is 0 Å². The summed E-state index contributed by atoms with van der Waals surface area (Å²) in [6.07, 6.45) is 4.80. The van der Waals surface area contributed by atoms with E-state index in [4.69, 9.17) is 0 Å². The van der Waals surface area contributed by atoms with Crippen molar-refractivity contribution in [2.24, 2.45) is 5.92 Å². The second kappa shape index (κ2) is 8.80. The Hall–Kier alpha value is -1.99. The molecule has 0 bridgehead atoms. The molecule has 0 atom stereocenters. The van der Waals surface area contributed by atoms with Crippen molar-refractivity contribution in [3.05, 3.63) is 29.8 Å². The lowest BCUT2D eigenvalue weighted by atomic mass is 10.0. The van der Waals surface area contributed by atoms with Crippen LogP contribution in [0.25, 0.3) is 11.4 Å². The van der Waals surface area contributed by atoms with E-state index in [-0.39, 0.29) is 24.9 Å². The number of rotatable bonds is 6. The summed E-state index contributed by atoms with van der Waals surface area (Å²) in [5, 5.41) is 16.1. The minimum absolute atomic E-state index is 0. The van der Waals surface area contributed by atoms with Crippen LogP contribution in [0.1, 0.15) is 31.2 Å². The van der Waals surface area contributed by atoms with Gasteiger partial charge in [0.15, 0.2) is 0 Å². The molecule has 7 nitrogen and oxygen atoms in total. The Labute approximate surface area is 165 Å². The maximum Gasteiger partial charge on any atom is 0.246 e. The van der Waals surface area contributed by atoms with Crippen LogP contribution in [-0.2, 0) is 11.3 Å². The number of aryl methyl sites for hydroxylation is 1. The van der Waals surface area contributed by atoms with Crippen molar-refractivity contribution in [2.75, 3.05) is 19.6 Å². The Morgan fingerprint density at radius 3 is 2.52 bits per heavy atom. The number of halogens is 1. The highest BCUT2D eigenvalue weighted by Gasteiger charge is 2.26. The van der Waals surface area contributed by atoms with Crippen LogP contribution in [0.2, 0.25) is 0 Å². The van der Waals surface area contributed by atoms with Gasteiger partial charge in [0.05, 0.1) is 0 Å². The lowest BCUT2D eigenvalue weighted by molar-refractivity contribution is -0.133. The van der Waals surface area contributed by atoms with Crippen LogP contribution in [0, 0.1) is 12.8 Å². The molecule has 1 aliphatic heterocycles. The van der Waals surface area contributed by atoms with E-state index in [1.165, 1.54) is 23.2 Å². The second-order valence-electron chi connectivity index (χ2n) is 7.52. The van der Waals surface area contributed by atoms with Crippen LogP contribution >= 0.6 is 12.4 Å². The third kappa shape index (κ3) is 5.26. The van der Waals surface area contributed by atoms with Gasteiger partial charge in [0.1, 0.15) is 6.54 Å². The number of nitrogens with zero attached hydrogens (tertiary/aromatic N) is 5. The molecule has 1 aromatic heterocycles. The van der Waals surface area contributed by atoms with Gasteiger partial charge in [-0.3, -0.25) is 4.79 Å². The number of hydrogen-bond donors (Lipinski definition) is 1. The number of nitrogens with one attached hydrogen (secondary N) is 1. The summed E-state index contributed by atoms with van der Waals surface area (Å²) in [7, 11) is 0. The van der Waals surface area contributed by atoms with Crippen LogP contribution in [0.4, 0.5) is 0 Å². The number of aromatic nitrogens is 4. The van der Waals surface area contributed by atoms with E-state index < -0.39 is 0 Å². The van der Waals surface area contributed by atoms with Gasteiger partial charge in [0.25, 0.3) is 0 Å². The predicted octanol–water partition coefficient (Wildman–Crippen LogP) is 2.06. The fourth-order valence-corrected chi connectivity index (χ4v) is 3.34. The van der Waals surface area contributed by atoms with Gasteiger partial charge in [-0.05, 0) is 50.3 Å². The highest BCUT2D eigenvalue weighted by Crippen LogP contribution is 2.28. The molecule has 1 saturated heterocycles. The summed E-state index contributed by atoms with van der Waals surface area (Å²) in [5.41, 5.74) is 2.10. The highest BCUT2D eigenvalue weighted by molar-refractivity contribution is 5.85. The Morgan fingerprint density at radius 2 is 1.85 bits per heavy atom. The standard InChI is InChI=1S/C19H26N6O.ClH/c1-14-2-6-16(7-3-14)19-21-23-25(22-19)13-18(26)24-10-8-17(9-11-24)20-12-15-4-5-15;/h2-3,6-7,15,17,20H,4-5,8-13H2,1H3;1H. The predicted molar refractivity (Wildman–Crippen MR) is 106 cm³/mol.